The molecule has 0 spiro atoms. The van der Waals surface area contributed by atoms with Crippen molar-refractivity contribution in [2.24, 2.45) is 0 Å². The van der Waals surface area contributed by atoms with Gasteiger partial charge in [-0.15, -0.1) is 11.3 Å². The number of halogens is 1. The lowest BCUT2D eigenvalue weighted by atomic mass is 10.0. The molecule has 3 heterocycles. The minimum atomic E-state index is -0.664. The van der Waals surface area contributed by atoms with E-state index >= 15 is 0 Å². The molecule has 1 amide bonds. The second-order valence-corrected chi connectivity index (χ2v) is 9.45. The zero-order chi connectivity index (χ0) is 24.6. The van der Waals surface area contributed by atoms with Crippen molar-refractivity contribution < 1.29 is 9.18 Å². The van der Waals surface area contributed by atoms with Gasteiger partial charge in [-0.3, -0.25) is 24.5 Å². The Bertz CT molecular complexity index is 1500. The fourth-order valence-corrected chi connectivity index (χ4v) is 4.52. The first kappa shape index (κ1) is 23.5. The van der Waals surface area contributed by atoms with Crippen LogP contribution >= 0.6 is 11.3 Å². The number of hydrogen-bond acceptors (Lipinski definition) is 6. The maximum absolute atomic E-state index is 13.3. The van der Waals surface area contributed by atoms with Crippen LogP contribution in [0.3, 0.4) is 0 Å². The number of thiazole rings is 1. The number of amides is 1. The SMILES string of the molecule is CCCn1c(=O)[nH]c(=O)c2c(C(=O)Nc3nc(-c4ccc(F)cc4)c(C)s3)cc(C(C)C)nc21. The number of aromatic nitrogens is 4. The molecule has 10 heteroatoms. The molecule has 2 N–H and O–H groups in total. The number of hydrogen-bond donors (Lipinski definition) is 2. The number of pyridine rings is 1. The Balaban J connectivity index is 1.81. The first-order valence-corrected chi connectivity index (χ1v) is 11.7. The van der Waals surface area contributed by atoms with Gasteiger partial charge in [0.25, 0.3) is 11.5 Å². The van der Waals surface area contributed by atoms with E-state index in [0.717, 1.165) is 10.4 Å². The quantitative estimate of drug-likeness (QED) is 0.423. The average Bonchev–Trinajstić information content (AvgIpc) is 3.15. The van der Waals surface area contributed by atoms with Crippen LogP contribution in [0.4, 0.5) is 9.52 Å². The van der Waals surface area contributed by atoms with E-state index < -0.39 is 17.2 Å². The van der Waals surface area contributed by atoms with E-state index in [1.54, 1.807) is 18.2 Å². The van der Waals surface area contributed by atoms with E-state index in [4.69, 9.17) is 0 Å². The third kappa shape index (κ3) is 4.41. The number of nitrogens with one attached hydrogen (secondary N) is 2. The van der Waals surface area contributed by atoms with Gasteiger partial charge in [0.2, 0.25) is 0 Å². The third-order valence-electron chi connectivity index (χ3n) is 5.39. The number of H-pyrrole nitrogens is 1. The summed E-state index contributed by atoms with van der Waals surface area (Å²) in [5.74, 6) is -0.907. The van der Waals surface area contributed by atoms with Gasteiger partial charge in [-0.25, -0.2) is 19.2 Å². The molecule has 0 bridgehead atoms. The topological polar surface area (TPSA) is 110 Å². The number of nitrogens with zero attached hydrogens (tertiary/aromatic N) is 3. The lowest BCUT2D eigenvalue weighted by Gasteiger charge is -2.14. The van der Waals surface area contributed by atoms with Crippen LogP contribution in [0.5, 0.6) is 0 Å². The summed E-state index contributed by atoms with van der Waals surface area (Å²) in [5.41, 5.74) is 1.05. The van der Waals surface area contributed by atoms with Gasteiger partial charge in [-0.2, -0.15) is 0 Å². The number of carbonyl (C=O) groups is 1. The zero-order valence-electron chi connectivity index (χ0n) is 19.2. The molecular weight excluding hydrogens is 457 g/mol. The Kier molecular flexibility index (Phi) is 6.43. The van der Waals surface area contributed by atoms with Crippen molar-refractivity contribution in [3.05, 3.63) is 73.1 Å². The van der Waals surface area contributed by atoms with E-state index in [1.807, 2.05) is 27.7 Å². The summed E-state index contributed by atoms with van der Waals surface area (Å²) in [6.07, 6.45) is 0.653. The van der Waals surface area contributed by atoms with Crippen molar-refractivity contribution in [2.75, 3.05) is 5.32 Å². The van der Waals surface area contributed by atoms with Crippen LogP contribution < -0.4 is 16.6 Å². The van der Waals surface area contributed by atoms with Gasteiger partial charge in [-0.1, -0.05) is 20.8 Å². The Hall–Kier alpha value is -3.66. The summed E-state index contributed by atoms with van der Waals surface area (Å²) < 4.78 is 14.7. The third-order valence-corrected chi connectivity index (χ3v) is 6.27. The van der Waals surface area contributed by atoms with Crippen LogP contribution in [0.15, 0.2) is 39.9 Å². The summed E-state index contributed by atoms with van der Waals surface area (Å²) in [6, 6.07) is 7.54. The summed E-state index contributed by atoms with van der Waals surface area (Å²) in [6.45, 7) is 7.97. The summed E-state index contributed by atoms with van der Waals surface area (Å²) in [5, 5.41) is 3.18. The van der Waals surface area contributed by atoms with Crippen molar-refractivity contribution in [3.8, 4) is 11.3 Å². The maximum Gasteiger partial charge on any atom is 0.329 e. The molecular formula is C24H24FN5O3S. The first-order chi connectivity index (χ1) is 16.2. The zero-order valence-corrected chi connectivity index (χ0v) is 20.0. The molecule has 3 aromatic heterocycles. The van der Waals surface area contributed by atoms with Crippen LogP contribution in [-0.4, -0.2) is 25.4 Å². The van der Waals surface area contributed by atoms with Crippen LogP contribution in [0.1, 0.15) is 54.0 Å². The monoisotopic (exact) mass is 481 g/mol. The summed E-state index contributed by atoms with van der Waals surface area (Å²) in [7, 11) is 0. The van der Waals surface area contributed by atoms with Crippen molar-refractivity contribution >= 4 is 33.4 Å². The highest BCUT2D eigenvalue weighted by molar-refractivity contribution is 7.16. The smallest absolute Gasteiger partial charge is 0.298 e. The molecule has 8 nitrogen and oxygen atoms in total. The Labute approximate surface area is 198 Å². The number of benzene rings is 1. The van der Waals surface area contributed by atoms with Crippen LogP contribution in [0, 0.1) is 12.7 Å². The molecule has 0 saturated heterocycles. The predicted molar refractivity (Wildman–Crippen MR) is 131 cm³/mol. The van der Waals surface area contributed by atoms with E-state index in [1.165, 1.54) is 28.0 Å². The van der Waals surface area contributed by atoms with Crippen molar-refractivity contribution in [1.82, 2.24) is 19.5 Å². The molecule has 0 atom stereocenters. The van der Waals surface area contributed by atoms with Gasteiger partial charge in [-0.05, 0) is 49.6 Å². The molecule has 0 fully saturated rings. The van der Waals surface area contributed by atoms with Gasteiger partial charge in [0.15, 0.2) is 10.8 Å². The molecule has 0 unspecified atom stereocenters. The molecule has 0 radical (unpaired) electrons. The molecule has 34 heavy (non-hydrogen) atoms. The van der Waals surface area contributed by atoms with Gasteiger partial charge in [0.05, 0.1) is 16.6 Å². The maximum atomic E-state index is 13.3. The number of rotatable bonds is 6. The predicted octanol–water partition coefficient (Wildman–Crippen LogP) is 4.44. The Morgan fingerprint density at radius 2 is 1.91 bits per heavy atom. The number of carbonyl (C=O) groups excluding carboxylic acids is 1. The second-order valence-electron chi connectivity index (χ2n) is 8.24. The van der Waals surface area contributed by atoms with Crippen molar-refractivity contribution in [3.63, 3.8) is 0 Å². The van der Waals surface area contributed by atoms with Crippen molar-refractivity contribution in [1.29, 1.82) is 0 Å². The molecule has 4 rings (SSSR count). The second kappa shape index (κ2) is 9.30. The number of aromatic amines is 1. The minimum Gasteiger partial charge on any atom is -0.298 e. The number of aryl methyl sites for hydroxylation is 2. The lowest BCUT2D eigenvalue weighted by molar-refractivity contribution is 0.102. The van der Waals surface area contributed by atoms with Gasteiger partial charge in [0, 0.05) is 22.7 Å². The van der Waals surface area contributed by atoms with E-state index in [2.05, 4.69) is 20.3 Å². The molecule has 176 valence electrons. The molecule has 4 aromatic rings. The largest absolute Gasteiger partial charge is 0.329 e. The summed E-state index contributed by atoms with van der Waals surface area (Å²) in [4.78, 5) is 50.7. The van der Waals surface area contributed by atoms with Gasteiger partial charge < -0.3 is 0 Å². The minimum absolute atomic E-state index is 0.0346. The van der Waals surface area contributed by atoms with Gasteiger partial charge in [0.1, 0.15) is 5.82 Å². The van der Waals surface area contributed by atoms with E-state index in [0.29, 0.717) is 29.5 Å². The van der Waals surface area contributed by atoms with Gasteiger partial charge >= 0.3 is 5.69 Å². The highest BCUT2D eigenvalue weighted by atomic mass is 32.1. The number of anilines is 1. The fourth-order valence-electron chi connectivity index (χ4n) is 3.69. The summed E-state index contributed by atoms with van der Waals surface area (Å²) >= 11 is 1.28. The lowest BCUT2D eigenvalue weighted by Crippen LogP contribution is -2.32. The van der Waals surface area contributed by atoms with Crippen LogP contribution in [0.2, 0.25) is 0 Å². The average molecular weight is 482 g/mol. The highest BCUT2D eigenvalue weighted by Crippen LogP contribution is 2.31. The normalized spacial score (nSPS) is 11.4. The Morgan fingerprint density at radius 3 is 2.56 bits per heavy atom. The van der Waals surface area contributed by atoms with Crippen LogP contribution in [0.25, 0.3) is 22.3 Å². The molecule has 0 saturated carbocycles. The molecule has 0 aliphatic rings. The van der Waals surface area contributed by atoms with Crippen molar-refractivity contribution in [2.45, 2.75) is 46.6 Å². The first-order valence-electron chi connectivity index (χ1n) is 10.9. The number of fused-ring (bicyclic) bond motifs is 1. The molecule has 1 aromatic carbocycles. The molecule has 0 aliphatic carbocycles. The van der Waals surface area contributed by atoms with E-state index in [9.17, 15) is 18.8 Å². The van der Waals surface area contributed by atoms with Crippen LogP contribution in [-0.2, 0) is 6.54 Å². The molecule has 0 aliphatic heterocycles. The fraction of sp³-hybridized carbons (Fsp3) is 0.292. The highest BCUT2D eigenvalue weighted by Gasteiger charge is 2.22. The standard InChI is InChI=1S/C24H24FN5O3S/c1-5-10-30-20-18(22(32)29-24(30)33)16(11-17(26-20)12(2)3)21(31)28-23-27-19(13(4)34-23)14-6-8-15(25)9-7-14/h6-9,11-12H,5,10H2,1-4H3,(H,27,28,31)(H,29,32,33). The Morgan fingerprint density at radius 1 is 1.21 bits per heavy atom. The van der Waals surface area contributed by atoms with E-state index in [-0.39, 0.29) is 28.3 Å².